The van der Waals surface area contributed by atoms with E-state index < -0.39 is 6.10 Å². The largest absolute Gasteiger partial charge is 0.458 e. The van der Waals surface area contributed by atoms with Crippen LogP contribution in [0.5, 0.6) is 0 Å². The van der Waals surface area contributed by atoms with Crippen molar-refractivity contribution in [2.75, 3.05) is 0 Å². The van der Waals surface area contributed by atoms with Crippen molar-refractivity contribution in [2.45, 2.75) is 6.10 Å². The van der Waals surface area contributed by atoms with Crippen LogP contribution < -0.4 is 0 Å². The van der Waals surface area contributed by atoms with Gasteiger partial charge in [0.1, 0.15) is 17.4 Å². The van der Waals surface area contributed by atoms with Crippen LogP contribution in [0, 0.1) is 0 Å². The number of aliphatic hydroxyl groups excluding tert-OH is 1. The Labute approximate surface area is 108 Å². The Hall–Kier alpha value is -1.91. The first-order valence-corrected chi connectivity index (χ1v) is 5.75. The Balaban J connectivity index is 2.04. The Bertz CT molecular complexity index is 682. The van der Waals surface area contributed by atoms with Gasteiger partial charge in [-0.25, -0.2) is 0 Å². The summed E-state index contributed by atoms with van der Waals surface area (Å²) >= 11 is 5.90. The summed E-state index contributed by atoms with van der Waals surface area (Å²) in [6, 6.07) is 8.78. The normalized spacial score (nSPS) is 12.8. The van der Waals surface area contributed by atoms with E-state index >= 15 is 0 Å². The Morgan fingerprint density at radius 3 is 2.83 bits per heavy atom. The van der Waals surface area contributed by atoms with Gasteiger partial charge >= 0.3 is 0 Å². The maximum absolute atomic E-state index is 10.2. The quantitative estimate of drug-likeness (QED) is 0.770. The predicted molar refractivity (Wildman–Crippen MR) is 67.3 cm³/mol. The van der Waals surface area contributed by atoms with Crippen molar-refractivity contribution in [1.82, 2.24) is 10.2 Å². The summed E-state index contributed by atoms with van der Waals surface area (Å²) in [7, 11) is 0. The van der Waals surface area contributed by atoms with Crippen molar-refractivity contribution < 1.29 is 9.52 Å². The first kappa shape index (κ1) is 11.2. The summed E-state index contributed by atoms with van der Waals surface area (Å²) in [5, 5.41) is 19.1. The minimum atomic E-state index is -0.855. The fraction of sp³-hybridized carbons (Fsp3) is 0.0769. The van der Waals surface area contributed by atoms with E-state index in [2.05, 4.69) is 10.2 Å². The summed E-state index contributed by atoms with van der Waals surface area (Å²) in [6.07, 6.45) is 2.18. The first-order chi connectivity index (χ1) is 8.74. The molecular weight excluding hydrogens is 252 g/mol. The molecule has 2 heterocycles. The molecule has 1 N–H and O–H groups in total. The molecule has 0 radical (unpaired) electrons. The van der Waals surface area contributed by atoms with Crippen LogP contribution in [0.2, 0.25) is 5.02 Å². The van der Waals surface area contributed by atoms with Gasteiger partial charge in [-0.1, -0.05) is 11.6 Å². The van der Waals surface area contributed by atoms with Gasteiger partial charge in [-0.2, -0.15) is 10.2 Å². The van der Waals surface area contributed by atoms with Crippen molar-refractivity contribution in [1.29, 1.82) is 0 Å². The maximum Gasteiger partial charge on any atom is 0.138 e. The number of nitrogens with zero attached hydrogens (tertiary/aromatic N) is 2. The number of rotatable bonds is 2. The van der Waals surface area contributed by atoms with Crippen molar-refractivity contribution >= 4 is 22.6 Å². The van der Waals surface area contributed by atoms with E-state index in [1.807, 2.05) is 0 Å². The van der Waals surface area contributed by atoms with Crippen LogP contribution in [0.25, 0.3) is 11.0 Å². The molecule has 0 aliphatic carbocycles. The van der Waals surface area contributed by atoms with Crippen LogP contribution in [0.4, 0.5) is 0 Å². The molecule has 3 aromatic rings. The van der Waals surface area contributed by atoms with Crippen molar-refractivity contribution in [3.63, 3.8) is 0 Å². The van der Waals surface area contributed by atoms with Gasteiger partial charge in [-0.15, -0.1) is 0 Å². The summed E-state index contributed by atoms with van der Waals surface area (Å²) in [5.74, 6) is 0.459. The third-order valence-electron chi connectivity index (χ3n) is 2.69. The molecule has 0 saturated carbocycles. The molecule has 90 valence electrons. The lowest BCUT2D eigenvalue weighted by Crippen LogP contribution is -1.98. The Kier molecular flexibility index (Phi) is 2.74. The second-order valence-corrected chi connectivity index (χ2v) is 4.35. The SMILES string of the molecule is OC(c1ccnnc1)c1cc2cc(Cl)ccc2o1. The van der Waals surface area contributed by atoms with Crippen LogP contribution in [0.3, 0.4) is 0 Å². The number of hydrogen-bond donors (Lipinski definition) is 1. The molecule has 1 aromatic carbocycles. The van der Waals surface area contributed by atoms with Crippen molar-refractivity contribution in [3.05, 3.63) is 59.1 Å². The topological polar surface area (TPSA) is 59.2 Å². The van der Waals surface area contributed by atoms with Crippen LogP contribution >= 0.6 is 11.6 Å². The highest BCUT2D eigenvalue weighted by molar-refractivity contribution is 6.31. The summed E-state index contributed by atoms with van der Waals surface area (Å²) < 4.78 is 5.58. The first-order valence-electron chi connectivity index (χ1n) is 5.38. The van der Waals surface area contributed by atoms with Crippen LogP contribution in [-0.2, 0) is 0 Å². The van der Waals surface area contributed by atoms with Crippen LogP contribution in [0.15, 0.2) is 47.1 Å². The minimum Gasteiger partial charge on any atom is -0.458 e. The second kappa shape index (κ2) is 4.40. The Morgan fingerprint density at radius 2 is 2.06 bits per heavy atom. The maximum atomic E-state index is 10.2. The molecule has 1 unspecified atom stereocenters. The van der Waals surface area contributed by atoms with Crippen LogP contribution in [-0.4, -0.2) is 15.3 Å². The molecular formula is C13H9ClN2O2. The number of aliphatic hydroxyl groups is 1. The highest BCUT2D eigenvalue weighted by Gasteiger charge is 2.15. The summed E-state index contributed by atoms with van der Waals surface area (Å²) in [4.78, 5) is 0. The number of hydrogen-bond acceptors (Lipinski definition) is 4. The van der Waals surface area contributed by atoms with Gasteiger partial charge in [0.2, 0.25) is 0 Å². The van der Waals surface area contributed by atoms with E-state index in [4.69, 9.17) is 16.0 Å². The van der Waals surface area contributed by atoms with E-state index in [1.54, 1.807) is 30.3 Å². The minimum absolute atomic E-state index is 0.459. The molecule has 5 heteroatoms. The van der Waals surface area contributed by atoms with Gasteiger partial charge < -0.3 is 9.52 Å². The van der Waals surface area contributed by atoms with E-state index in [9.17, 15) is 5.11 Å². The van der Waals surface area contributed by atoms with Gasteiger partial charge in [0.25, 0.3) is 0 Å². The zero-order valence-electron chi connectivity index (χ0n) is 9.25. The molecule has 3 rings (SSSR count). The predicted octanol–water partition coefficient (Wildman–Crippen LogP) is 2.96. The van der Waals surface area contributed by atoms with Gasteiger partial charge in [0, 0.05) is 22.2 Å². The number of benzene rings is 1. The summed E-state index contributed by atoms with van der Waals surface area (Å²) in [6.45, 7) is 0. The molecule has 2 aromatic heterocycles. The number of halogens is 1. The molecule has 18 heavy (non-hydrogen) atoms. The van der Waals surface area contributed by atoms with Crippen molar-refractivity contribution in [2.24, 2.45) is 0 Å². The van der Waals surface area contributed by atoms with E-state index in [0.29, 0.717) is 21.9 Å². The van der Waals surface area contributed by atoms with E-state index in [0.717, 1.165) is 5.39 Å². The lowest BCUT2D eigenvalue weighted by atomic mass is 10.1. The average molecular weight is 261 g/mol. The number of furan rings is 1. The average Bonchev–Trinajstić information content (AvgIpc) is 2.81. The van der Waals surface area contributed by atoms with Gasteiger partial charge in [0.15, 0.2) is 0 Å². The fourth-order valence-corrected chi connectivity index (χ4v) is 1.98. The summed E-state index contributed by atoms with van der Waals surface area (Å²) in [5.41, 5.74) is 1.32. The highest BCUT2D eigenvalue weighted by Crippen LogP contribution is 2.29. The van der Waals surface area contributed by atoms with Gasteiger partial charge in [0.05, 0.1) is 6.20 Å². The zero-order valence-corrected chi connectivity index (χ0v) is 10.0. The molecule has 0 aliphatic heterocycles. The van der Waals surface area contributed by atoms with E-state index in [-0.39, 0.29) is 0 Å². The molecule has 4 nitrogen and oxygen atoms in total. The molecule has 0 fully saturated rings. The molecule has 0 amide bonds. The van der Waals surface area contributed by atoms with Crippen molar-refractivity contribution in [3.8, 4) is 0 Å². The van der Waals surface area contributed by atoms with Gasteiger partial charge in [-0.3, -0.25) is 0 Å². The third kappa shape index (κ3) is 1.96. The lowest BCUT2D eigenvalue weighted by molar-refractivity contribution is 0.191. The Morgan fingerprint density at radius 1 is 1.17 bits per heavy atom. The third-order valence-corrected chi connectivity index (χ3v) is 2.92. The molecule has 0 bridgehead atoms. The molecule has 0 spiro atoms. The standard InChI is InChI=1S/C13H9ClN2O2/c14-10-1-2-11-9(5-10)6-12(18-11)13(17)8-3-4-15-16-7-8/h1-7,13,17H. The fourth-order valence-electron chi connectivity index (χ4n) is 1.80. The molecule has 1 atom stereocenters. The highest BCUT2D eigenvalue weighted by atomic mass is 35.5. The van der Waals surface area contributed by atoms with E-state index in [1.165, 1.54) is 12.4 Å². The zero-order chi connectivity index (χ0) is 12.5. The monoisotopic (exact) mass is 260 g/mol. The molecule has 0 aliphatic rings. The van der Waals surface area contributed by atoms with Crippen LogP contribution in [0.1, 0.15) is 17.4 Å². The van der Waals surface area contributed by atoms with Gasteiger partial charge in [-0.05, 0) is 30.3 Å². The second-order valence-electron chi connectivity index (χ2n) is 3.91. The lowest BCUT2D eigenvalue weighted by Gasteiger charge is -2.05. The smallest absolute Gasteiger partial charge is 0.138 e. The number of aromatic nitrogens is 2. The molecule has 0 saturated heterocycles. The number of fused-ring (bicyclic) bond motifs is 1.